The van der Waals surface area contributed by atoms with E-state index in [0.717, 1.165) is 25.9 Å². The number of hydrogen-bond acceptors (Lipinski definition) is 8. The predicted molar refractivity (Wildman–Crippen MR) is 95.9 cm³/mol. The minimum atomic E-state index is -0.474. The van der Waals surface area contributed by atoms with Crippen molar-refractivity contribution in [1.29, 1.82) is 0 Å². The van der Waals surface area contributed by atoms with E-state index in [2.05, 4.69) is 16.9 Å². The Morgan fingerprint density at radius 3 is 2.44 bits per heavy atom. The Morgan fingerprint density at radius 2 is 1.84 bits per heavy atom. The fourth-order valence-electron chi connectivity index (χ4n) is 3.71. The third-order valence-electron chi connectivity index (χ3n) is 4.72. The first-order valence-electron chi connectivity index (χ1n) is 8.82. The molecule has 0 radical (unpaired) electrons. The van der Waals surface area contributed by atoms with Gasteiger partial charge in [0.15, 0.2) is 0 Å². The molecule has 3 heterocycles. The van der Waals surface area contributed by atoms with Crippen LogP contribution in [0.15, 0.2) is 0 Å². The van der Waals surface area contributed by atoms with Crippen molar-refractivity contribution < 1.29 is 9.66 Å². The quantitative estimate of drug-likeness (QED) is 0.649. The molecule has 0 aliphatic carbocycles. The van der Waals surface area contributed by atoms with Crippen LogP contribution in [0.2, 0.25) is 0 Å². The maximum atomic E-state index is 11.5. The molecule has 9 heteroatoms. The van der Waals surface area contributed by atoms with Crippen LogP contribution in [0.4, 0.5) is 23.3 Å². The van der Waals surface area contributed by atoms with E-state index >= 15 is 0 Å². The van der Waals surface area contributed by atoms with Crippen molar-refractivity contribution in [2.24, 2.45) is 5.92 Å². The van der Waals surface area contributed by atoms with E-state index in [-0.39, 0.29) is 23.7 Å². The van der Waals surface area contributed by atoms with Crippen molar-refractivity contribution >= 4 is 23.3 Å². The summed E-state index contributed by atoms with van der Waals surface area (Å²) >= 11 is 0. The van der Waals surface area contributed by atoms with Crippen LogP contribution in [0.3, 0.4) is 0 Å². The summed E-state index contributed by atoms with van der Waals surface area (Å²) in [5.41, 5.74) is 5.78. The Balaban J connectivity index is 1.99. The number of nitro groups is 1. The molecule has 9 nitrogen and oxygen atoms in total. The number of nitrogen functional groups attached to an aromatic ring is 1. The van der Waals surface area contributed by atoms with Crippen LogP contribution in [-0.4, -0.2) is 53.3 Å². The highest BCUT2D eigenvalue weighted by atomic mass is 16.6. The zero-order valence-corrected chi connectivity index (χ0v) is 15.0. The van der Waals surface area contributed by atoms with Crippen molar-refractivity contribution in [3.8, 4) is 0 Å². The molecule has 0 spiro atoms. The zero-order chi connectivity index (χ0) is 18.1. The van der Waals surface area contributed by atoms with Crippen molar-refractivity contribution in [2.75, 3.05) is 41.7 Å². The second-order valence-electron chi connectivity index (χ2n) is 7.19. The predicted octanol–water partition coefficient (Wildman–Crippen LogP) is 1.82. The summed E-state index contributed by atoms with van der Waals surface area (Å²) < 4.78 is 5.74. The van der Waals surface area contributed by atoms with Gasteiger partial charge in [0.05, 0.1) is 17.1 Å². The fourth-order valence-corrected chi connectivity index (χ4v) is 3.71. The van der Waals surface area contributed by atoms with Gasteiger partial charge in [0, 0.05) is 26.2 Å². The molecule has 2 fully saturated rings. The summed E-state index contributed by atoms with van der Waals surface area (Å²) in [6.07, 6.45) is 2.20. The van der Waals surface area contributed by atoms with Crippen LogP contribution in [0.25, 0.3) is 0 Å². The van der Waals surface area contributed by atoms with E-state index in [9.17, 15) is 10.1 Å². The second kappa shape index (κ2) is 6.99. The van der Waals surface area contributed by atoms with E-state index < -0.39 is 4.92 Å². The van der Waals surface area contributed by atoms with Gasteiger partial charge >= 0.3 is 5.69 Å². The molecule has 2 aliphatic rings. The number of morpholine rings is 1. The average molecular weight is 350 g/mol. The number of nitrogens with two attached hydrogens (primary N) is 1. The summed E-state index contributed by atoms with van der Waals surface area (Å²) in [6.45, 7) is 8.89. The molecule has 1 aromatic rings. The number of ether oxygens (including phenoxy) is 1. The molecule has 2 saturated heterocycles. The molecule has 0 amide bonds. The average Bonchev–Trinajstić information content (AvgIpc) is 2.52. The molecule has 2 N–H and O–H groups in total. The van der Waals surface area contributed by atoms with Crippen LogP contribution in [0, 0.1) is 16.0 Å². The molecule has 1 aromatic heterocycles. The van der Waals surface area contributed by atoms with Gasteiger partial charge in [-0.3, -0.25) is 10.1 Å². The number of hydrogen-bond donors (Lipinski definition) is 1. The number of aromatic nitrogens is 2. The highest BCUT2D eigenvalue weighted by molar-refractivity contribution is 5.71. The second-order valence-corrected chi connectivity index (χ2v) is 7.19. The van der Waals surface area contributed by atoms with Crippen molar-refractivity contribution in [3.05, 3.63) is 10.1 Å². The van der Waals surface area contributed by atoms with Gasteiger partial charge < -0.3 is 20.3 Å². The molecule has 0 bridgehead atoms. The van der Waals surface area contributed by atoms with Gasteiger partial charge in [-0.15, -0.1) is 0 Å². The molecule has 3 atom stereocenters. The summed E-state index contributed by atoms with van der Waals surface area (Å²) in [7, 11) is 0. The van der Waals surface area contributed by atoms with Gasteiger partial charge in [-0.2, -0.15) is 9.97 Å². The van der Waals surface area contributed by atoms with Gasteiger partial charge in [0.25, 0.3) is 0 Å². The lowest BCUT2D eigenvalue weighted by Crippen LogP contribution is -2.46. The van der Waals surface area contributed by atoms with Gasteiger partial charge in [0.2, 0.25) is 17.6 Å². The highest BCUT2D eigenvalue weighted by Gasteiger charge is 2.32. The molecular formula is C16H26N6O3. The minimum absolute atomic E-state index is 0.0437. The lowest BCUT2D eigenvalue weighted by molar-refractivity contribution is -0.383. The standard InChI is InChI=1S/C16H26N6O3/c1-10-5-4-6-20(7-10)15-13(22(23)24)14(17)18-16(19-15)21-8-11(2)25-12(3)9-21/h10-12H,4-9H2,1-3H3,(H2,17,18,19)/t10-,11+,12+/m0/s1. The molecule has 25 heavy (non-hydrogen) atoms. The lowest BCUT2D eigenvalue weighted by atomic mass is 10.0. The molecule has 0 unspecified atom stereocenters. The Morgan fingerprint density at radius 1 is 1.16 bits per heavy atom. The normalized spacial score (nSPS) is 27.4. The van der Waals surface area contributed by atoms with E-state index in [1.165, 1.54) is 0 Å². The topological polar surface area (TPSA) is 111 Å². The molecule has 138 valence electrons. The Bertz CT molecular complexity index is 645. The van der Waals surface area contributed by atoms with Crippen LogP contribution in [0.5, 0.6) is 0 Å². The number of nitrogens with zero attached hydrogens (tertiary/aromatic N) is 5. The smallest absolute Gasteiger partial charge is 0.353 e. The van der Waals surface area contributed by atoms with Crippen molar-refractivity contribution in [2.45, 2.75) is 45.8 Å². The van der Waals surface area contributed by atoms with Gasteiger partial charge in [-0.1, -0.05) is 6.92 Å². The van der Waals surface area contributed by atoms with E-state index in [4.69, 9.17) is 10.5 Å². The molecule has 2 aliphatic heterocycles. The van der Waals surface area contributed by atoms with Crippen LogP contribution < -0.4 is 15.5 Å². The zero-order valence-electron chi connectivity index (χ0n) is 15.0. The molecular weight excluding hydrogens is 324 g/mol. The van der Waals surface area contributed by atoms with Crippen LogP contribution >= 0.6 is 0 Å². The summed E-state index contributed by atoms with van der Waals surface area (Å²) in [5.74, 6) is 1.18. The lowest BCUT2D eigenvalue weighted by Gasteiger charge is -2.36. The SMILES string of the molecule is C[C@H]1CCCN(c2nc(N3C[C@@H](C)O[C@H](C)C3)nc(N)c2[N+](=O)[O-])C1. The third-order valence-corrected chi connectivity index (χ3v) is 4.72. The summed E-state index contributed by atoms with van der Waals surface area (Å²) in [4.78, 5) is 23.8. The first-order chi connectivity index (χ1) is 11.8. The van der Waals surface area contributed by atoms with Gasteiger partial charge in [0.1, 0.15) is 0 Å². The van der Waals surface area contributed by atoms with Crippen LogP contribution in [-0.2, 0) is 4.74 Å². The van der Waals surface area contributed by atoms with Gasteiger partial charge in [-0.25, -0.2) is 0 Å². The fraction of sp³-hybridized carbons (Fsp3) is 0.750. The Hall–Kier alpha value is -2.16. The third kappa shape index (κ3) is 3.76. The minimum Gasteiger partial charge on any atom is -0.378 e. The van der Waals surface area contributed by atoms with Gasteiger partial charge in [-0.05, 0) is 32.6 Å². The maximum absolute atomic E-state index is 11.5. The number of anilines is 3. The monoisotopic (exact) mass is 350 g/mol. The first-order valence-corrected chi connectivity index (χ1v) is 8.82. The molecule has 3 rings (SSSR count). The summed E-state index contributed by atoms with van der Waals surface area (Å²) in [6, 6.07) is 0. The maximum Gasteiger partial charge on any atom is 0.353 e. The first kappa shape index (κ1) is 17.7. The van der Waals surface area contributed by atoms with E-state index in [1.807, 2.05) is 23.6 Å². The number of rotatable bonds is 3. The Labute approximate surface area is 147 Å². The molecule has 0 saturated carbocycles. The van der Waals surface area contributed by atoms with Crippen LogP contribution in [0.1, 0.15) is 33.6 Å². The van der Waals surface area contributed by atoms with E-state index in [0.29, 0.717) is 30.8 Å². The molecule has 0 aromatic carbocycles. The summed E-state index contributed by atoms with van der Waals surface area (Å²) in [5, 5.41) is 11.5. The Kier molecular flexibility index (Phi) is 4.94. The highest BCUT2D eigenvalue weighted by Crippen LogP contribution is 2.35. The van der Waals surface area contributed by atoms with E-state index in [1.54, 1.807) is 0 Å². The number of piperidine rings is 1. The largest absolute Gasteiger partial charge is 0.378 e. The van der Waals surface area contributed by atoms with Crippen molar-refractivity contribution in [1.82, 2.24) is 9.97 Å². The van der Waals surface area contributed by atoms with Crippen molar-refractivity contribution in [3.63, 3.8) is 0 Å².